The fraction of sp³-hybridized carbons (Fsp3) is 0.500. The topological polar surface area (TPSA) is 37.3 Å². The van der Waals surface area contributed by atoms with E-state index in [1.54, 1.807) is 0 Å². The summed E-state index contributed by atoms with van der Waals surface area (Å²) in [6.07, 6.45) is 5.67. The second-order valence-corrected chi connectivity index (χ2v) is 13.6. The van der Waals surface area contributed by atoms with Crippen molar-refractivity contribution in [3.05, 3.63) is 41.6 Å². The average molecular weight is 382 g/mol. The number of nitrogens with zero attached hydrogens (tertiary/aromatic N) is 2. The highest BCUT2D eigenvalue weighted by atomic mass is 28.3. The number of aromatic nitrogens is 1. The number of fused-ring (bicyclic) bond motifs is 2. The van der Waals surface area contributed by atoms with Gasteiger partial charge in [0.2, 0.25) is 5.91 Å². The van der Waals surface area contributed by atoms with Crippen molar-refractivity contribution >= 4 is 30.6 Å². The molecule has 4 nitrogen and oxygen atoms in total. The number of benzene rings is 1. The molecule has 1 aromatic heterocycles. The van der Waals surface area contributed by atoms with Crippen LogP contribution in [0, 0.1) is 5.92 Å². The number of amides is 1. The Bertz CT molecular complexity index is 918. The third-order valence-corrected chi connectivity index (χ3v) is 7.91. The van der Waals surface area contributed by atoms with Crippen molar-refractivity contribution in [2.75, 3.05) is 19.6 Å². The minimum absolute atomic E-state index is 0.0629. The van der Waals surface area contributed by atoms with Crippen molar-refractivity contribution in [1.29, 1.82) is 0 Å². The summed E-state index contributed by atoms with van der Waals surface area (Å²) in [4.78, 5) is 14.8. The lowest BCUT2D eigenvalue weighted by atomic mass is 9.80. The van der Waals surface area contributed by atoms with Crippen molar-refractivity contribution in [3.8, 4) is 0 Å². The first-order chi connectivity index (χ1) is 12.8. The predicted octanol–water partition coefficient (Wildman–Crippen LogP) is 3.72. The normalized spacial score (nSPS) is 21.7. The minimum Gasteiger partial charge on any atom is -0.374 e. The van der Waals surface area contributed by atoms with Gasteiger partial charge in [-0.05, 0) is 49.2 Å². The summed E-state index contributed by atoms with van der Waals surface area (Å²) in [6.45, 7) is 13.6. The first-order valence-electron chi connectivity index (χ1n) is 10.2. The van der Waals surface area contributed by atoms with Crippen LogP contribution in [0.15, 0.2) is 30.5 Å². The summed E-state index contributed by atoms with van der Waals surface area (Å²) >= 11 is 0. The van der Waals surface area contributed by atoms with E-state index in [1.807, 2.05) is 4.90 Å². The Morgan fingerprint density at radius 3 is 2.67 bits per heavy atom. The van der Waals surface area contributed by atoms with E-state index in [4.69, 9.17) is 0 Å². The van der Waals surface area contributed by atoms with Crippen LogP contribution < -0.4 is 5.32 Å². The minimum atomic E-state index is -1.48. The van der Waals surface area contributed by atoms with Crippen LogP contribution in [0.4, 0.5) is 0 Å². The van der Waals surface area contributed by atoms with Gasteiger partial charge >= 0.3 is 0 Å². The number of carbonyl (C=O) groups is 1. The smallest absolute Gasteiger partial charge is 0.230 e. The van der Waals surface area contributed by atoms with Crippen molar-refractivity contribution in [1.82, 2.24) is 14.4 Å². The Hall–Kier alpha value is -1.85. The summed E-state index contributed by atoms with van der Waals surface area (Å²) in [5.74, 6) is 0.183. The van der Waals surface area contributed by atoms with E-state index in [9.17, 15) is 4.79 Å². The first-order valence-corrected chi connectivity index (χ1v) is 13.7. The molecule has 1 amide bonds. The number of hydrogen-bond acceptors (Lipinski definition) is 2. The molecule has 0 radical (unpaired) electrons. The van der Waals surface area contributed by atoms with Gasteiger partial charge in [0.05, 0.1) is 5.92 Å². The Balaban J connectivity index is 1.82. The van der Waals surface area contributed by atoms with Gasteiger partial charge in [0.25, 0.3) is 0 Å². The lowest BCUT2D eigenvalue weighted by Crippen LogP contribution is -2.46. The maximum absolute atomic E-state index is 12.9. The Kier molecular flexibility index (Phi) is 4.55. The van der Waals surface area contributed by atoms with E-state index in [0.29, 0.717) is 6.04 Å². The molecule has 2 aromatic rings. The number of rotatable bonds is 4. The van der Waals surface area contributed by atoms with Crippen molar-refractivity contribution in [2.45, 2.75) is 46.0 Å². The summed E-state index contributed by atoms with van der Waals surface area (Å²) in [7, 11) is -1.48. The molecule has 2 atom stereocenters. The summed E-state index contributed by atoms with van der Waals surface area (Å²) in [5, 5.41) is 5.08. The van der Waals surface area contributed by atoms with Crippen LogP contribution in [0.5, 0.6) is 0 Å². The molecule has 0 saturated heterocycles. The predicted molar refractivity (Wildman–Crippen MR) is 116 cm³/mol. The van der Waals surface area contributed by atoms with Gasteiger partial charge in [-0.1, -0.05) is 37.8 Å². The molecule has 1 aliphatic carbocycles. The highest BCUT2D eigenvalue weighted by molar-refractivity contribution is 6.75. The van der Waals surface area contributed by atoms with E-state index in [1.165, 1.54) is 27.6 Å². The molecular formula is C22H31N3OSi. The standard InChI is InChI=1S/C22H31N3OSi/c1-6-24(7-2)22(26)15-11-18-17-9-8-10-20-21(17)16(12-19(18)23-13-15)14-25(20)27(3,4)5/h8-11,14-15,19,23H,6-7,12-13H2,1-5H3. The molecule has 2 heterocycles. The molecule has 2 unspecified atom stereocenters. The van der Waals surface area contributed by atoms with Crippen LogP contribution in [0.1, 0.15) is 25.0 Å². The Labute approximate surface area is 163 Å². The van der Waals surface area contributed by atoms with Gasteiger partial charge in [-0.3, -0.25) is 4.79 Å². The van der Waals surface area contributed by atoms with E-state index in [0.717, 1.165) is 26.1 Å². The van der Waals surface area contributed by atoms with Crippen LogP contribution in [0.2, 0.25) is 19.6 Å². The third kappa shape index (κ3) is 2.97. The SMILES string of the molecule is CCN(CC)C(=O)C1C=C2c3cccc4c3c(cn4[Si](C)(C)C)CC2NC1. The van der Waals surface area contributed by atoms with E-state index in [-0.39, 0.29) is 11.8 Å². The molecule has 0 spiro atoms. The molecule has 144 valence electrons. The van der Waals surface area contributed by atoms with Crippen LogP contribution in [-0.2, 0) is 11.2 Å². The second kappa shape index (κ2) is 6.64. The van der Waals surface area contributed by atoms with Gasteiger partial charge in [0.1, 0.15) is 0 Å². The fourth-order valence-electron chi connectivity index (χ4n) is 4.70. The fourth-order valence-corrected chi connectivity index (χ4v) is 6.15. The van der Waals surface area contributed by atoms with Gasteiger partial charge in [0, 0.05) is 36.6 Å². The highest BCUT2D eigenvalue weighted by Gasteiger charge is 2.34. The van der Waals surface area contributed by atoms with Crippen LogP contribution >= 0.6 is 0 Å². The molecule has 1 aliphatic heterocycles. The van der Waals surface area contributed by atoms with E-state index < -0.39 is 8.24 Å². The Morgan fingerprint density at radius 1 is 1.26 bits per heavy atom. The first kappa shape index (κ1) is 18.5. The van der Waals surface area contributed by atoms with Crippen molar-refractivity contribution in [3.63, 3.8) is 0 Å². The van der Waals surface area contributed by atoms with Gasteiger partial charge in [-0.25, -0.2) is 0 Å². The molecule has 27 heavy (non-hydrogen) atoms. The molecule has 1 N–H and O–H groups in total. The number of nitrogens with one attached hydrogen (secondary N) is 1. The summed E-state index contributed by atoms with van der Waals surface area (Å²) in [6, 6.07) is 7.00. The Morgan fingerprint density at radius 2 is 2.00 bits per heavy atom. The zero-order valence-corrected chi connectivity index (χ0v) is 18.2. The van der Waals surface area contributed by atoms with Crippen molar-refractivity contribution in [2.24, 2.45) is 5.92 Å². The molecule has 0 saturated carbocycles. The molecule has 4 rings (SSSR count). The van der Waals surface area contributed by atoms with Gasteiger partial charge in [0.15, 0.2) is 8.24 Å². The van der Waals surface area contributed by atoms with Crippen LogP contribution in [-0.4, -0.2) is 49.0 Å². The van der Waals surface area contributed by atoms with E-state index >= 15 is 0 Å². The van der Waals surface area contributed by atoms with Crippen LogP contribution in [0.3, 0.4) is 0 Å². The molecule has 1 aromatic carbocycles. The zero-order chi connectivity index (χ0) is 19.3. The largest absolute Gasteiger partial charge is 0.374 e. The number of carbonyl (C=O) groups excluding carboxylic acids is 1. The lowest BCUT2D eigenvalue weighted by Gasteiger charge is -2.34. The molecule has 0 bridgehead atoms. The molecule has 0 fully saturated rings. The van der Waals surface area contributed by atoms with Crippen molar-refractivity contribution < 1.29 is 4.79 Å². The van der Waals surface area contributed by atoms with Gasteiger partial charge in [-0.15, -0.1) is 0 Å². The highest BCUT2D eigenvalue weighted by Crippen LogP contribution is 2.40. The second-order valence-electron chi connectivity index (χ2n) is 8.80. The monoisotopic (exact) mass is 381 g/mol. The van der Waals surface area contributed by atoms with Gasteiger partial charge in [-0.2, -0.15) is 0 Å². The molecule has 2 aliphatic rings. The zero-order valence-electron chi connectivity index (χ0n) is 17.2. The summed E-state index contributed by atoms with van der Waals surface area (Å²) < 4.78 is 2.54. The quantitative estimate of drug-likeness (QED) is 0.820. The maximum atomic E-state index is 12.9. The third-order valence-electron chi connectivity index (χ3n) is 6.10. The molecule has 5 heteroatoms. The molecular weight excluding hydrogens is 350 g/mol. The van der Waals surface area contributed by atoms with E-state index in [2.05, 4.69) is 73.5 Å². The lowest BCUT2D eigenvalue weighted by molar-refractivity contribution is -0.133. The average Bonchev–Trinajstić information content (AvgIpc) is 3.03. The van der Waals surface area contributed by atoms with Crippen LogP contribution in [0.25, 0.3) is 16.5 Å². The number of hydrogen-bond donors (Lipinski definition) is 1. The maximum Gasteiger partial charge on any atom is 0.230 e. The summed E-state index contributed by atoms with van der Waals surface area (Å²) in [5.41, 5.74) is 5.45. The van der Waals surface area contributed by atoms with Gasteiger partial charge < -0.3 is 14.4 Å².